The quantitative estimate of drug-likeness (QED) is 0.412. The predicted octanol–water partition coefficient (Wildman–Crippen LogP) is 4.24. The zero-order valence-corrected chi connectivity index (χ0v) is 17.9. The van der Waals surface area contributed by atoms with Crippen molar-refractivity contribution in [2.24, 2.45) is 0 Å². The van der Waals surface area contributed by atoms with Gasteiger partial charge in [0.25, 0.3) is 11.8 Å². The van der Waals surface area contributed by atoms with Gasteiger partial charge in [0.05, 0.1) is 11.3 Å². The van der Waals surface area contributed by atoms with Crippen LogP contribution in [0.5, 0.6) is 5.75 Å². The zero-order chi connectivity index (χ0) is 23.6. The number of hydrogen-bond acceptors (Lipinski definition) is 4. The van der Waals surface area contributed by atoms with Gasteiger partial charge in [0.1, 0.15) is 11.6 Å². The molecule has 3 aromatic rings. The van der Waals surface area contributed by atoms with Crippen molar-refractivity contribution in [2.75, 3.05) is 29.1 Å². The van der Waals surface area contributed by atoms with Gasteiger partial charge in [0, 0.05) is 17.9 Å². The standard InChI is InChI=1S/C24H23FN4O4/c1-2-26-24(32)28-17-9-7-8-16(14-17)27-23(31)18-10-3-6-13-21(18)33-15-22(30)29-20-12-5-4-11-19(20)25/h3-14H,2,15H2,1H3,(H,27,31)(H,29,30)(H2,26,28,32). The Labute approximate surface area is 190 Å². The van der Waals surface area contributed by atoms with E-state index in [-0.39, 0.29) is 23.0 Å². The Morgan fingerprint density at radius 2 is 1.55 bits per heavy atom. The fraction of sp³-hybridized carbons (Fsp3) is 0.125. The largest absolute Gasteiger partial charge is 0.483 e. The summed E-state index contributed by atoms with van der Waals surface area (Å²) in [6, 6.07) is 18.5. The summed E-state index contributed by atoms with van der Waals surface area (Å²) in [6.07, 6.45) is 0. The van der Waals surface area contributed by atoms with Gasteiger partial charge < -0.3 is 26.0 Å². The molecule has 0 heterocycles. The number of halogens is 1. The van der Waals surface area contributed by atoms with E-state index in [0.29, 0.717) is 17.9 Å². The number of benzene rings is 3. The SMILES string of the molecule is CCNC(=O)Nc1cccc(NC(=O)c2ccccc2OCC(=O)Nc2ccccc2F)c1. The van der Waals surface area contributed by atoms with Crippen LogP contribution in [0.3, 0.4) is 0 Å². The average molecular weight is 450 g/mol. The van der Waals surface area contributed by atoms with Gasteiger partial charge >= 0.3 is 6.03 Å². The maximum atomic E-state index is 13.7. The van der Waals surface area contributed by atoms with Crippen LogP contribution in [0.25, 0.3) is 0 Å². The van der Waals surface area contributed by atoms with Gasteiger partial charge in [-0.05, 0) is 49.4 Å². The lowest BCUT2D eigenvalue weighted by molar-refractivity contribution is -0.118. The van der Waals surface area contributed by atoms with Crippen molar-refractivity contribution in [3.8, 4) is 5.75 Å². The molecule has 0 saturated heterocycles. The molecule has 0 aromatic heterocycles. The van der Waals surface area contributed by atoms with Gasteiger partial charge in [-0.1, -0.05) is 30.3 Å². The summed E-state index contributed by atoms with van der Waals surface area (Å²) >= 11 is 0. The lowest BCUT2D eigenvalue weighted by Crippen LogP contribution is -2.28. The van der Waals surface area contributed by atoms with Gasteiger partial charge in [-0.15, -0.1) is 0 Å². The van der Waals surface area contributed by atoms with Crippen molar-refractivity contribution in [3.05, 3.63) is 84.2 Å². The second-order valence-corrected chi connectivity index (χ2v) is 6.83. The summed E-state index contributed by atoms with van der Waals surface area (Å²) < 4.78 is 19.2. The molecule has 4 amide bonds. The summed E-state index contributed by atoms with van der Waals surface area (Å²) in [5, 5.41) is 10.4. The fourth-order valence-corrected chi connectivity index (χ4v) is 2.88. The molecule has 170 valence electrons. The van der Waals surface area contributed by atoms with E-state index in [4.69, 9.17) is 4.74 Å². The molecule has 0 bridgehead atoms. The highest BCUT2D eigenvalue weighted by Crippen LogP contribution is 2.21. The van der Waals surface area contributed by atoms with E-state index in [0.717, 1.165) is 0 Å². The Morgan fingerprint density at radius 3 is 2.30 bits per heavy atom. The number of carbonyl (C=O) groups is 3. The normalized spacial score (nSPS) is 10.1. The number of ether oxygens (including phenoxy) is 1. The van der Waals surface area contributed by atoms with Gasteiger partial charge in [0.2, 0.25) is 0 Å². The fourth-order valence-electron chi connectivity index (χ4n) is 2.88. The molecule has 0 fully saturated rings. The van der Waals surface area contributed by atoms with Crippen LogP contribution >= 0.6 is 0 Å². The smallest absolute Gasteiger partial charge is 0.319 e. The van der Waals surface area contributed by atoms with Crippen molar-refractivity contribution in [1.29, 1.82) is 0 Å². The lowest BCUT2D eigenvalue weighted by atomic mass is 10.1. The van der Waals surface area contributed by atoms with E-state index in [1.165, 1.54) is 18.2 Å². The Hall–Kier alpha value is -4.40. The second-order valence-electron chi connectivity index (χ2n) is 6.83. The molecule has 0 atom stereocenters. The van der Waals surface area contributed by atoms with Gasteiger partial charge in [0.15, 0.2) is 6.61 Å². The summed E-state index contributed by atoms with van der Waals surface area (Å²) in [7, 11) is 0. The molecule has 8 nitrogen and oxygen atoms in total. The van der Waals surface area contributed by atoms with Gasteiger partial charge in [-0.3, -0.25) is 9.59 Å². The molecule has 0 radical (unpaired) electrons. The molecule has 33 heavy (non-hydrogen) atoms. The summed E-state index contributed by atoms with van der Waals surface area (Å²) in [6.45, 7) is 1.88. The molecule has 0 aliphatic heterocycles. The van der Waals surface area contributed by atoms with E-state index in [1.807, 2.05) is 0 Å². The van der Waals surface area contributed by atoms with Crippen LogP contribution in [0.4, 0.5) is 26.2 Å². The van der Waals surface area contributed by atoms with Gasteiger partial charge in [-0.25, -0.2) is 9.18 Å². The Balaban J connectivity index is 1.64. The minimum absolute atomic E-state index is 0.0400. The van der Waals surface area contributed by atoms with E-state index in [1.54, 1.807) is 61.5 Å². The Bertz CT molecular complexity index is 1150. The van der Waals surface area contributed by atoms with E-state index in [2.05, 4.69) is 21.3 Å². The van der Waals surface area contributed by atoms with E-state index >= 15 is 0 Å². The molecule has 0 unspecified atom stereocenters. The van der Waals surface area contributed by atoms with Gasteiger partial charge in [-0.2, -0.15) is 0 Å². The molecular weight excluding hydrogens is 427 g/mol. The topological polar surface area (TPSA) is 109 Å². The highest BCUT2D eigenvalue weighted by Gasteiger charge is 2.15. The molecule has 0 spiro atoms. The number of hydrogen-bond donors (Lipinski definition) is 4. The Morgan fingerprint density at radius 1 is 0.848 bits per heavy atom. The van der Waals surface area contributed by atoms with Crippen molar-refractivity contribution in [1.82, 2.24) is 5.32 Å². The van der Waals surface area contributed by atoms with Crippen molar-refractivity contribution >= 4 is 34.9 Å². The number of amides is 4. The third-order valence-electron chi connectivity index (χ3n) is 4.35. The van der Waals surface area contributed by atoms with Crippen LogP contribution in [0, 0.1) is 5.82 Å². The maximum absolute atomic E-state index is 13.7. The molecule has 0 aliphatic rings. The number of rotatable bonds is 8. The third kappa shape index (κ3) is 6.79. The van der Waals surface area contributed by atoms with Crippen LogP contribution < -0.4 is 26.0 Å². The predicted molar refractivity (Wildman–Crippen MR) is 124 cm³/mol. The van der Waals surface area contributed by atoms with Crippen molar-refractivity contribution < 1.29 is 23.5 Å². The van der Waals surface area contributed by atoms with E-state index in [9.17, 15) is 18.8 Å². The molecule has 3 aromatic carbocycles. The number of anilines is 3. The van der Waals surface area contributed by atoms with Crippen molar-refractivity contribution in [3.63, 3.8) is 0 Å². The molecular formula is C24H23FN4O4. The lowest BCUT2D eigenvalue weighted by Gasteiger charge is -2.13. The average Bonchev–Trinajstić information content (AvgIpc) is 2.80. The molecule has 9 heteroatoms. The minimum Gasteiger partial charge on any atom is -0.483 e. The zero-order valence-electron chi connectivity index (χ0n) is 17.9. The molecule has 3 rings (SSSR count). The third-order valence-corrected chi connectivity index (χ3v) is 4.35. The first-order valence-electron chi connectivity index (χ1n) is 10.2. The van der Waals surface area contributed by atoms with E-state index < -0.39 is 24.2 Å². The van der Waals surface area contributed by atoms with Crippen LogP contribution in [0.2, 0.25) is 0 Å². The first-order chi connectivity index (χ1) is 16.0. The first kappa shape index (κ1) is 23.3. The number of carbonyl (C=O) groups excluding carboxylic acids is 3. The minimum atomic E-state index is -0.570. The maximum Gasteiger partial charge on any atom is 0.319 e. The molecule has 4 N–H and O–H groups in total. The van der Waals surface area contributed by atoms with Crippen molar-refractivity contribution in [2.45, 2.75) is 6.92 Å². The first-order valence-corrected chi connectivity index (χ1v) is 10.2. The molecule has 0 saturated carbocycles. The summed E-state index contributed by atoms with van der Waals surface area (Å²) in [4.78, 5) is 36.6. The molecule has 0 aliphatic carbocycles. The second kappa shape index (κ2) is 11.3. The summed E-state index contributed by atoms with van der Waals surface area (Å²) in [5.74, 6) is -1.40. The highest BCUT2D eigenvalue weighted by atomic mass is 19.1. The number of urea groups is 1. The summed E-state index contributed by atoms with van der Waals surface area (Å²) in [5.41, 5.74) is 1.21. The number of para-hydroxylation sites is 2. The number of nitrogens with one attached hydrogen (secondary N) is 4. The van der Waals surface area contributed by atoms with Crippen LogP contribution in [0.15, 0.2) is 72.8 Å². The van der Waals surface area contributed by atoms with Crippen LogP contribution in [0.1, 0.15) is 17.3 Å². The van der Waals surface area contributed by atoms with Crippen LogP contribution in [-0.2, 0) is 4.79 Å². The monoisotopic (exact) mass is 450 g/mol. The highest BCUT2D eigenvalue weighted by molar-refractivity contribution is 6.06. The van der Waals surface area contributed by atoms with Crippen LogP contribution in [-0.4, -0.2) is 31.0 Å². The Kier molecular flexibility index (Phi) is 7.96.